The predicted molar refractivity (Wildman–Crippen MR) is 96.6 cm³/mol. The minimum absolute atomic E-state index is 0.0558. The second-order valence-corrected chi connectivity index (χ2v) is 7.84. The molecule has 25 heavy (non-hydrogen) atoms. The van der Waals surface area contributed by atoms with Crippen molar-refractivity contribution in [3.8, 4) is 0 Å². The second-order valence-electron chi connectivity index (χ2n) is 7.84. The molecule has 0 aliphatic carbocycles. The Morgan fingerprint density at radius 2 is 2.12 bits per heavy atom. The lowest BCUT2D eigenvalue weighted by molar-refractivity contribution is -0.0731. The number of aryl methyl sites for hydroxylation is 1. The van der Waals surface area contributed by atoms with E-state index in [-0.39, 0.29) is 17.4 Å². The van der Waals surface area contributed by atoms with E-state index in [0.29, 0.717) is 12.1 Å². The number of hydrogen-bond acceptors (Lipinski definition) is 4. The van der Waals surface area contributed by atoms with Gasteiger partial charge in [-0.2, -0.15) is 0 Å². The number of benzene rings is 1. The van der Waals surface area contributed by atoms with Crippen LogP contribution in [0.3, 0.4) is 0 Å². The van der Waals surface area contributed by atoms with Gasteiger partial charge in [0.15, 0.2) is 0 Å². The maximum Gasteiger partial charge on any atom is 0.253 e. The molecule has 2 aliphatic rings. The number of nitrogens with zero attached hydrogens (tertiary/aromatic N) is 2. The molecule has 1 amide bonds. The van der Waals surface area contributed by atoms with Gasteiger partial charge in [-0.1, -0.05) is 0 Å². The zero-order valence-corrected chi connectivity index (χ0v) is 15.0. The molecule has 1 N–H and O–H groups in total. The highest BCUT2D eigenvalue weighted by Gasteiger charge is 2.45. The number of hydrogen-bond donors (Lipinski definition) is 1. The molecular weight excluding hydrogens is 316 g/mol. The maximum atomic E-state index is 13.1. The summed E-state index contributed by atoms with van der Waals surface area (Å²) in [6, 6.07) is 7.60. The normalized spacial score (nSPS) is 28.0. The van der Waals surface area contributed by atoms with Crippen LogP contribution in [-0.2, 0) is 0 Å². The summed E-state index contributed by atoms with van der Waals surface area (Å²) >= 11 is 0. The molecule has 0 unspecified atom stereocenters. The summed E-state index contributed by atoms with van der Waals surface area (Å²) < 4.78 is 5.60. The molecule has 0 bridgehead atoms. The van der Waals surface area contributed by atoms with Crippen molar-refractivity contribution in [1.82, 2.24) is 9.80 Å². The molecule has 2 aromatic rings. The molecule has 2 aliphatic heterocycles. The monoisotopic (exact) mass is 342 g/mol. The highest BCUT2D eigenvalue weighted by atomic mass is 16.3. The zero-order chi connectivity index (χ0) is 17.6. The number of likely N-dealkylation sites (tertiary alicyclic amines) is 2. The van der Waals surface area contributed by atoms with Gasteiger partial charge >= 0.3 is 0 Å². The van der Waals surface area contributed by atoms with Crippen molar-refractivity contribution in [3.05, 3.63) is 35.6 Å². The Balaban J connectivity index is 1.58. The first-order chi connectivity index (χ1) is 12.0. The molecule has 3 heterocycles. The summed E-state index contributed by atoms with van der Waals surface area (Å²) in [5.41, 5.74) is 1.33. The highest BCUT2D eigenvalue weighted by Crippen LogP contribution is 2.38. The molecule has 2 atom stereocenters. The van der Waals surface area contributed by atoms with Crippen molar-refractivity contribution in [2.75, 3.05) is 33.2 Å². The van der Waals surface area contributed by atoms with Gasteiger partial charge in [0.25, 0.3) is 5.91 Å². The van der Waals surface area contributed by atoms with Crippen molar-refractivity contribution < 1.29 is 14.3 Å². The van der Waals surface area contributed by atoms with Crippen LogP contribution in [-0.4, -0.2) is 60.1 Å². The molecular formula is C20H26N2O3. The fourth-order valence-electron chi connectivity index (χ4n) is 4.60. The first-order valence-electron chi connectivity index (χ1n) is 9.13. The number of carbonyl (C=O) groups excluding carboxylic acids is 1. The van der Waals surface area contributed by atoms with Crippen molar-refractivity contribution in [3.63, 3.8) is 0 Å². The average molecular weight is 342 g/mol. The molecule has 5 nitrogen and oxygen atoms in total. The van der Waals surface area contributed by atoms with Crippen LogP contribution in [0.2, 0.25) is 0 Å². The summed E-state index contributed by atoms with van der Waals surface area (Å²) in [6.45, 7) is 5.10. The Labute approximate surface area is 148 Å². The predicted octanol–water partition coefficient (Wildman–Crippen LogP) is 2.66. The van der Waals surface area contributed by atoms with E-state index in [1.165, 1.54) is 0 Å². The van der Waals surface area contributed by atoms with Gasteiger partial charge in [-0.3, -0.25) is 4.79 Å². The van der Waals surface area contributed by atoms with Crippen LogP contribution in [0, 0.1) is 12.3 Å². The third kappa shape index (κ3) is 2.96. The van der Waals surface area contributed by atoms with Crippen LogP contribution in [0.1, 0.15) is 35.4 Å². The third-order valence-corrected chi connectivity index (χ3v) is 5.86. The van der Waals surface area contributed by atoms with E-state index in [9.17, 15) is 9.90 Å². The number of rotatable bonds is 1. The largest absolute Gasteiger partial charge is 0.461 e. The number of fused-ring (bicyclic) bond motifs is 1. The summed E-state index contributed by atoms with van der Waals surface area (Å²) in [7, 11) is 2.10. The lowest BCUT2D eigenvalue weighted by Gasteiger charge is -2.50. The maximum absolute atomic E-state index is 13.1. The average Bonchev–Trinajstić information content (AvgIpc) is 2.97. The van der Waals surface area contributed by atoms with Crippen molar-refractivity contribution >= 4 is 16.9 Å². The smallest absolute Gasteiger partial charge is 0.253 e. The van der Waals surface area contributed by atoms with E-state index < -0.39 is 0 Å². The van der Waals surface area contributed by atoms with Gasteiger partial charge < -0.3 is 19.3 Å². The molecule has 4 rings (SSSR count). The molecule has 0 saturated carbocycles. The Bertz CT molecular complexity index is 799. The summed E-state index contributed by atoms with van der Waals surface area (Å²) in [6.07, 6.45) is 2.41. The van der Waals surface area contributed by atoms with Gasteiger partial charge in [-0.15, -0.1) is 0 Å². The molecule has 134 valence electrons. The quantitative estimate of drug-likeness (QED) is 0.866. The van der Waals surface area contributed by atoms with Gasteiger partial charge in [0.2, 0.25) is 0 Å². The minimum atomic E-state index is -0.321. The zero-order valence-electron chi connectivity index (χ0n) is 15.0. The number of furan rings is 1. The van der Waals surface area contributed by atoms with Crippen LogP contribution in [0.15, 0.2) is 28.7 Å². The third-order valence-electron chi connectivity index (χ3n) is 5.86. The Hall–Kier alpha value is -1.85. The Morgan fingerprint density at radius 1 is 1.28 bits per heavy atom. The van der Waals surface area contributed by atoms with E-state index in [4.69, 9.17) is 4.42 Å². The van der Waals surface area contributed by atoms with Crippen LogP contribution in [0.25, 0.3) is 11.0 Å². The van der Waals surface area contributed by atoms with Crippen LogP contribution >= 0.6 is 0 Å². The SMILES string of the molecule is Cc1cc2cc(C(=O)N3CCC[C@]4(CN(C)CC[C@@H]4O)C3)ccc2o1. The molecule has 2 fully saturated rings. The van der Waals surface area contributed by atoms with E-state index >= 15 is 0 Å². The highest BCUT2D eigenvalue weighted by molar-refractivity contribution is 5.98. The molecule has 1 aromatic carbocycles. The van der Waals surface area contributed by atoms with Gasteiger partial charge in [0.05, 0.1) is 6.10 Å². The molecule has 1 spiro atoms. The van der Waals surface area contributed by atoms with Crippen molar-refractivity contribution in [1.29, 1.82) is 0 Å². The number of piperidine rings is 2. The molecule has 2 saturated heterocycles. The van der Waals surface area contributed by atoms with Crippen LogP contribution in [0.4, 0.5) is 0 Å². The van der Waals surface area contributed by atoms with Crippen molar-refractivity contribution in [2.24, 2.45) is 5.41 Å². The first-order valence-corrected chi connectivity index (χ1v) is 9.13. The van der Waals surface area contributed by atoms with E-state index in [2.05, 4.69) is 11.9 Å². The lowest BCUT2D eigenvalue weighted by atomic mass is 9.71. The number of aliphatic hydroxyl groups is 1. The van der Waals surface area contributed by atoms with Crippen molar-refractivity contribution in [2.45, 2.75) is 32.3 Å². The standard InChI is InChI=1S/C20H26N2O3/c1-14-10-16-11-15(4-5-17(16)25-14)19(24)22-8-3-7-20(13-22)12-21(2)9-6-18(20)23/h4-5,10-11,18,23H,3,6-9,12-13H2,1-2H3/t18-,20-/m0/s1. The van der Waals surface area contributed by atoms with Gasteiger partial charge in [-0.05, 0) is 57.5 Å². The number of amides is 1. The fourth-order valence-corrected chi connectivity index (χ4v) is 4.60. The first kappa shape index (κ1) is 16.6. The minimum Gasteiger partial charge on any atom is -0.461 e. The van der Waals surface area contributed by atoms with Crippen LogP contribution in [0.5, 0.6) is 0 Å². The molecule has 1 aromatic heterocycles. The topological polar surface area (TPSA) is 56.9 Å². The van der Waals surface area contributed by atoms with Gasteiger partial charge in [0, 0.05) is 42.5 Å². The molecule has 0 radical (unpaired) electrons. The van der Waals surface area contributed by atoms with Crippen LogP contribution < -0.4 is 0 Å². The lowest BCUT2D eigenvalue weighted by Crippen LogP contribution is -2.59. The molecule has 5 heteroatoms. The van der Waals surface area contributed by atoms with E-state index in [1.807, 2.05) is 36.1 Å². The Morgan fingerprint density at radius 3 is 2.96 bits per heavy atom. The summed E-state index contributed by atoms with van der Waals surface area (Å²) in [4.78, 5) is 17.3. The second kappa shape index (κ2) is 6.15. The summed E-state index contributed by atoms with van der Waals surface area (Å²) in [5.74, 6) is 0.908. The number of carbonyl (C=O) groups is 1. The van der Waals surface area contributed by atoms with Gasteiger partial charge in [-0.25, -0.2) is 0 Å². The van der Waals surface area contributed by atoms with E-state index in [1.54, 1.807) is 0 Å². The van der Waals surface area contributed by atoms with E-state index in [0.717, 1.165) is 55.6 Å². The summed E-state index contributed by atoms with van der Waals surface area (Å²) in [5, 5.41) is 11.6. The van der Waals surface area contributed by atoms with Gasteiger partial charge in [0.1, 0.15) is 11.3 Å². The fraction of sp³-hybridized carbons (Fsp3) is 0.550. The number of aliphatic hydroxyl groups excluding tert-OH is 1. The Kier molecular flexibility index (Phi) is 4.08.